The molecule has 0 aliphatic heterocycles. The molecule has 2 aromatic carbocycles. The molecular weight excluding hydrogens is 286 g/mol. The Morgan fingerprint density at radius 2 is 1.65 bits per heavy atom. The van der Waals surface area contributed by atoms with Crippen LogP contribution in [0.4, 0.5) is 0 Å². The summed E-state index contributed by atoms with van der Waals surface area (Å²) in [6.07, 6.45) is 3.70. The molecule has 23 heavy (non-hydrogen) atoms. The summed E-state index contributed by atoms with van der Waals surface area (Å²) in [6, 6.07) is 20.3. The van der Waals surface area contributed by atoms with E-state index in [1.54, 1.807) is 0 Å². The van der Waals surface area contributed by atoms with Crippen LogP contribution in [0.2, 0.25) is 0 Å². The van der Waals surface area contributed by atoms with Gasteiger partial charge in [-0.2, -0.15) is 5.26 Å². The van der Waals surface area contributed by atoms with E-state index in [1.165, 1.54) is 5.56 Å². The number of hydrogen-bond acceptors (Lipinski definition) is 3. The summed E-state index contributed by atoms with van der Waals surface area (Å²) in [5.41, 5.74) is 2.35. The van der Waals surface area contributed by atoms with Gasteiger partial charge in [-0.15, -0.1) is 0 Å². The molecule has 1 N–H and O–H groups in total. The minimum Gasteiger partial charge on any atom is -0.494 e. The van der Waals surface area contributed by atoms with Crippen LogP contribution in [-0.2, 0) is 0 Å². The molecule has 0 aliphatic carbocycles. The van der Waals surface area contributed by atoms with Crippen molar-refractivity contribution in [3.05, 3.63) is 54.6 Å². The first-order chi connectivity index (χ1) is 11.3. The molecule has 1 atom stereocenters. The molecular formula is C20H23NO2. The summed E-state index contributed by atoms with van der Waals surface area (Å²) in [5, 5.41) is 17.6. The number of aliphatic hydroxyl groups excluding tert-OH is 1. The molecule has 2 aromatic rings. The molecule has 2 rings (SSSR count). The van der Waals surface area contributed by atoms with Gasteiger partial charge in [-0.25, -0.2) is 0 Å². The Balaban J connectivity index is 1.70. The fraction of sp³-hybridized carbons (Fsp3) is 0.350. The summed E-state index contributed by atoms with van der Waals surface area (Å²) < 4.78 is 5.82. The van der Waals surface area contributed by atoms with Crippen LogP contribution in [0, 0.1) is 11.3 Å². The summed E-state index contributed by atoms with van der Waals surface area (Å²) in [4.78, 5) is 0. The second kappa shape index (κ2) is 9.66. The highest BCUT2D eigenvalue weighted by atomic mass is 16.5. The topological polar surface area (TPSA) is 53.2 Å². The van der Waals surface area contributed by atoms with Crippen molar-refractivity contribution in [1.82, 2.24) is 0 Å². The van der Waals surface area contributed by atoms with E-state index in [0.717, 1.165) is 37.0 Å². The number of unbranched alkanes of at least 4 members (excludes halogenated alkanes) is 3. The van der Waals surface area contributed by atoms with E-state index in [1.807, 2.05) is 36.4 Å². The number of hydrogen-bond donors (Lipinski definition) is 1. The van der Waals surface area contributed by atoms with Gasteiger partial charge in [0.25, 0.3) is 0 Å². The molecule has 0 amide bonds. The van der Waals surface area contributed by atoms with Crippen LogP contribution < -0.4 is 4.74 Å². The van der Waals surface area contributed by atoms with Gasteiger partial charge in [0.05, 0.1) is 12.7 Å². The first-order valence-corrected chi connectivity index (χ1v) is 8.15. The lowest BCUT2D eigenvalue weighted by molar-refractivity contribution is 0.214. The Hall–Kier alpha value is -2.31. The van der Waals surface area contributed by atoms with Crippen LogP contribution in [-0.4, -0.2) is 17.8 Å². The minimum absolute atomic E-state index is 0.566. The number of benzene rings is 2. The predicted molar refractivity (Wildman–Crippen MR) is 92.1 cm³/mol. The van der Waals surface area contributed by atoms with Crippen molar-refractivity contribution in [3.8, 4) is 22.9 Å². The molecule has 3 nitrogen and oxygen atoms in total. The lowest BCUT2D eigenvalue weighted by Crippen LogP contribution is -2.02. The molecule has 0 saturated carbocycles. The monoisotopic (exact) mass is 309 g/mol. The van der Waals surface area contributed by atoms with Crippen LogP contribution in [0.3, 0.4) is 0 Å². The average Bonchev–Trinajstić information content (AvgIpc) is 2.61. The van der Waals surface area contributed by atoms with E-state index in [9.17, 15) is 0 Å². The third-order valence-corrected chi connectivity index (χ3v) is 3.73. The maximum atomic E-state index is 9.14. The van der Waals surface area contributed by atoms with Crippen molar-refractivity contribution < 1.29 is 9.84 Å². The average molecular weight is 309 g/mol. The van der Waals surface area contributed by atoms with E-state index in [2.05, 4.69) is 24.3 Å². The molecule has 0 radical (unpaired) electrons. The van der Waals surface area contributed by atoms with Gasteiger partial charge in [-0.1, -0.05) is 55.3 Å². The SMILES string of the molecule is N#CC(O)CCCCCCOc1cccc(-c2ccccc2)c1. The lowest BCUT2D eigenvalue weighted by atomic mass is 10.1. The summed E-state index contributed by atoms with van der Waals surface area (Å²) in [6.45, 7) is 0.693. The van der Waals surface area contributed by atoms with Crippen LogP contribution in [0.15, 0.2) is 54.6 Å². The molecule has 0 heterocycles. The summed E-state index contributed by atoms with van der Waals surface area (Å²) >= 11 is 0. The molecule has 1 unspecified atom stereocenters. The van der Waals surface area contributed by atoms with E-state index in [0.29, 0.717) is 13.0 Å². The second-order valence-corrected chi connectivity index (χ2v) is 5.59. The van der Waals surface area contributed by atoms with Gasteiger partial charge < -0.3 is 9.84 Å². The van der Waals surface area contributed by atoms with Crippen LogP contribution in [0.1, 0.15) is 32.1 Å². The quantitative estimate of drug-likeness (QED) is 0.545. The van der Waals surface area contributed by atoms with Crippen molar-refractivity contribution in [2.45, 2.75) is 38.2 Å². The fourth-order valence-electron chi connectivity index (χ4n) is 2.44. The predicted octanol–water partition coefficient (Wildman–Crippen LogP) is 4.57. The summed E-state index contributed by atoms with van der Waals surface area (Å²) in [7, 11) is 0. The lowest BCUT2D eigenvalue weighted by Gasteiger charge is -2.08. The van der Waals surface area contributed by atoms with Crippen LogP contribution >= 0.6 is 0 Å². The van der Waals surface area contributed by atoms with Crippen molar-refractivity contribution in [2.75, 3.05) is 6.61 Å². The molecule has 0 spiro atoms. The van der Waals surface area contributed by atoms with Gasteiger partial charge in [0.2, 0.25) is 0 Å². The number of aliphatic hydroxyl groups is 1. The first-order valence-electron chi connectivity index (χ1n) is 8.15. The van der Waals surface area contributed by atoms with Gasteiger partial charge in [0.15, 0.2) is 0 Å². The highest BCUT2D eigenvalue weighted by molar-refractivity contribution is 5.64. The maximum absolute atomic E-state index is 9.14. The molecule has 0 saturated heterocycles. The number of nitriles is 1. The van der Waals surface area contributed by atoms with Crippen molar-refractivity contribution >= 4 is 0 Å². The highest BCUT2D eigenvalue weighted by Gasteiger charge is 2.01. The second-order valence-electron chi connectivity index (χ2n) is 5.59. The third kappa shape index (κ3) is 6.14. The molecule has 0 bridgehead atoms. The Bertz CT molecular complexity index is 619. The Labute approximate surface area is 138 Å². The van der Waals surface area contributed by atoms with Crippen molar-refractivity contribution in [2.24, 2.45) is 0 Å². The maximum Gasteiger partial charge on any atom is 0.140 e. The van der Waals surface area contributed by atoms with Gasteiger partial charge in [-0.3, -0.25) is 0 Å². The number of nitrogens with zero attached hydrogens (tertiary/aromatic N) is 1. The Kier molecular flexibility index (Phi) is 7.16. The molecule has 0 aliphatic rings. The summed E-state index contributed by atoms with van der Waals surface area (Å²) in [5.74, 6) is 0.895. The van der Waals surface area contributed by atoms with Crippen LogP contribution in [0.5, 0.6) is 5.75 Å². The standard InChI is InChI=1S/C20H23NO2/c21-16-19(22)12-6-1-2-7-14-23-20-13-8-11-18(15-20)17-9-4-3-5-10-17/h3-5,8-11,13,15,19,22H,1-2,6-7,12,14H2. The highest BCUT2D eigenvalue weighted by Crippen LogP contribution is 2.23. The van der Waals surface area contributed by atoms with Gasteiger partial charge in [-0.05, 0) is 42.5 Å². The number of ether oxygens (including phenoxy) is 1. The normalized spacial score (nSPS) is 11.7. The molecule has 120 valence electrons. The van der Waals surface area contributed by atoms with Crippen LogP contribution in [0.25, 0.3) is 11.1 Å². The van der Waals surface area contributed by atoms with Crippen molar-refractivity contribution in [1.29, 1.82) is 5.26 Å². The van der Waals surface area contributed by atoms with Gasteiger partial charge in [0, 0.05) is 0 Å². The zero-order valence-electron chi connectivity index (χ0n) is 13.3. The van der Waals surface area contributed by atoms with E-state index >= 15 is 0 Å². The van der Waals surface area contributed by atoms with E-state index < -0.39 is 6.10 Å². The fourth-order valence-corrected chi connectivity index (χ4v) is 2.44. The Morgan fingerprint density at radius 1 is 0.913 bits per heavy atom. The third-order valence-electron chi connectivity index (χ3n) is 3.73. The smallest absolute Gasteiger partial charge is 0.140 e. The Morgan fingerprint density at radius 3 is 2.43 bits per heavy atom. The minimum atomic E-state index is -0.813. The van der Waals surface area contributed by atoms with E-state index in [4.69, 9.17) is 15.1 Å². The van der Waals surface area contributed by atoms with E-state index in [-0.39, 0.29) is 0 Å². The molecule has 0 aromatic heterocycles. The van der Waals surface area contributed by atoms with Gasteiger partial charge in [0.1, 0.15) is 11.9 Å². The van der Waals surface area contributed by atoms with Gasteiger partial charge >= 0.3 is 0 Å². The largest absolute Gasteiger partial charge is 0.494 e. The first kappa shape index (κ1) is 17.1. The zero-order chi connectivity index (χ0) is 16.3. The molecule has 3 heteroatoms. The zero-order valence-corrected chi connectivity index (χ0v) is 13.3. The number of rotatable bonds is 9. The van der Waals surface area contributed by atoms with Crippen molar-refractivity contribution in [3.63, 3.8) is 0 Å². The molecule has 0 fully saturated rings.